The predicted octanol–water partition coefficient (Wildman–Crippen LogP) is 3.76. The molecule has 72 valence electrons. The van der Waals surface area contributed by atoms with Gasteiger partial charge in [-0.1, -0.05) is 41.0 Å². The highest BCUT2D eigenvalue weighted by molar-refractivity contribution is 9.18. The summed E-state index contributed by atoms with van der Waals surface area (Å²) in [6.45, 7) is 10.5. The highest BCUT2D eigenvalue weighted by Gasteiger charge is 2.32. The van der Waals surface area contributed by atoms with Gasteiger partial charge in [0.25, 0.3) is 0 Å². The summed E-state index contributed by atoms with van der Waals surface area (Å²) in [5.74, 6) is 0. The van der Waals surface area contributed by atoms with Crippen LogP contribution in [0.2, 0.25) is 0 Å². The fraction of sp³-hybridized carbons (Fsp3) is 0.900. The molecule has 0 atom stereocenters. The van der Waals surface area contributed by atoms with E-state index in [-0.39, 0.29) is 15.5 Å². The van der Waals surface area contributed by atoms with Gasteiger partial charge in [0.1, 0.15) is 0 Å². The summed E-state index contributed by atoms with van der Waals surface area (Å²) in [7, 11) is 0. The van der Waals surface area contributed by atoms with Crippen LogP contribution in [-0.4, -0.2) is 4.69 Å². The van der Waals surface area contributed by atoms with Crippen LogP contribution in [0.25, 0.3) is 0 Å². The normalized spacial score (nSPS) is 13.2. The third-order valence-electron chi connectivity index (χ3n) is 2.41. The zero-order valence-corrected chi connectivity index (χ0v) is 10.3. The molecule has 0 aromatic rings. The Morgan fingerprint density at radius 1 is 1.25 bits per heavy atom. The molecule has 0 bridgehead atoms. The molecular weight excluding hydrogens is 216 g/mol. The quantitative estimate of drug-likeness (QED) is 0.678. The predicted molar refractivity (Wildman–Crippen MR) is 56.4 cm³/mol. The maximum atomic E-state index is 11.2. The molecule has 2 heteroatoms. The molecule has 0 fully saturated rings. The van der Waals surface area contributed by atoms with Gasteiger partial charge in [-0.3, -0.25) is 4.79 Å². The fourth-order valence-corrected chi connectivity index (χ4v) is 1.53. The second-order valence-electron chi connectivity index (χ2n) is 4.85. The Labute approximate surface area is 84.1 Å². The average molecular weight is 235 g/mol. The maximum Gasteiger partial charge on any atom is 0.203 e. The summed E-state index contributed by atoms with van der Waals surface area (Å²) < 4.78 is 0.108. The standard InChI is InChI=1S/C10H19BrO/c1-6-9(2,3)7-10(4,5)8(11)12/h6-7H2,1-5H3. The Morgan fingerprint density at radius 3 is 1.92 bits per heavy atom. The lowest BCUT2D eigenvalue weighted by molar-refractivity contribution is -0.118. The molecule has 0 amide bonds. The minimum atomic E-state index is -0.237. The Balaban J connectivity index is 4.34. The number of hydrogen-bond donors (Lipinski definition) is 0. The summed E-state index contributed by atoms with van der Waals surface area (Å²) in [6.07, 6.45) is 2.04. The molecule has 0 N–H and O–H groups in total. The Bertz CT molecular complexity index is 171. The molecule has 0 aromatic carbocycles. The molecule has 0 heterocycles. The average Bonchev–Trinajstić information content (AvgIpc) is 1.85. The number of carbonyl (C=O) groups is 1. The van der Waals surface area contributed by atoms with E-state index in [4.69, 9.17) is 0 Å². The monoisotopic (exact) mass is 234 g/mol. The van der Waals surface area contributed by atoms with Crippen molar-refractivity contribution in [3.8, 4) is 0 Å². The fourth-order valence-electron chi connectivity index (χ4n) is 1.39. The zero-order valence-electron chi connectivity index (χ0n) is 8.70. The zero-order chi connectivity index (χ0) is 9.99. The second-order valence-corrected chi connectivity index (χ2v) is 5.57. The smallest absolute Gasteiger partial charge is 0.203 e. The Morgan fingerprint density at radius 2 is 1.67 bits per heavy atom. The Kier molecular flexibility index (Phi) is 3.95. The van der Waals surface area contributed by atoms with E-state index in [0.29, 0.717) is 0 Å². The van der Waals surface area contributed by atoms with Gasteiger partial charge in [-0.05, 0) is 27.8 Å². The lowest BCUT2D eigenvalue weighted by atomic mass is 9.74. The van der Waals surface area contributed by atoms with Crippen molar-refractivity contribution >= 4 is 20.6 Å². The molecule has 0 aliphatic rings. The van der Waals surface area contributed by atoms with E-state index < -0.39 is 0 Å². The van der Waals surface area contributed by atoms with Crippen molar-refractivity contribution in [1.29, 1.82) is 0 Å². The summed E-state index contributed by atoms with van der Waals surface area (Å²) in [4.78, 5) is 11.2. The van der Waals surface area contributed by atoms with E-state index in [1.807, 2.05) is 13.8 Å². The molecular formula is C10H19BrO. The maximum absolute atomic E-state index is 11.2. The highest BCUT2D eigenvalue weighted by Crippen LogP contribution is 2.37. The van der Waals surface area contributed by atoms with Crippen molar-refractivity contribution in [3.05, 3.63) is 0 Å². The van der Waals surface area contributed by atoms with Gasteiger partial charge >= 0.3 is 0 Å². The minimum Gasteiger partial charge on any atom is -0.286 e. The van der Waals surface area contributed by atoms with Crippen molar-refractivity contribution in [2.75, 3.05) is 0 Å². The molecule has 0 aliphatic heterocycles. The van der Waals surface area contributed by atoms with Gasteiger partial charge in [0.2, 0.25) is 4.69 Å². The molecule has 0 saturated carbocycles. The first-order valence-corrected chi connectivity index (χ1v) is 5.20. The first kappa shape index (κ1) is 12.2. The topological polar surface area (TPSA) is 17.1 Å². The lowest BCUT2D eigenvalue weighted by Gasteiger charge is -2.31. The van der Waals surface area contributed by atoms with E-state index in [2.05, 4.69) is 36.7 Å². The molecule has 0 aliphatic carbocycles. The van der Waals surface area contributed by atoms with Crippen LogP contribution in [0.1, 0.15) is 47.5 Å². The van der Waals surface area contributed by atoms with Crippen LogP contribution in [0.5, 0.6) is 0 Å². The van der Waals surface area contributed by atoms with Gasteiger partial charge in [0.15, 0.2) is 0 Å². The van der Waals surface area contributed by atoms with Gasteiger partial charge < -0.3 is 0 Å². The SMILES string of the molecule is CCC(C)(C)CC(C)(C)C(=O)Br. The van der Waals surface area contributed by atoms with Gasteiger partial charge in [0, 0.05) is 5.41 Å². The molecule has 1 nitrogen and oxygen atoms in total. The van der Waals surface area contributed by atoms with Crippen molar-refractivity contribution in [2.24, 2.45) is 10.8 Å². The third-order valence-corrected chi connectivity index (χ3v) is 3.48. The van der Waals surface area contributed by atoms with Crippen LogP contribution >= 0.6 is 15.9 Å². The highest BCUT2D eigenvalue weighted by atomic mass is 79.9. The van der Waals surface area contributed by atoms with Crippen LogP contribution < -0.4 is 0 Å². The first-order chi connectivity index (χ1) is 5.21. The largest absolute Gasteiger partial charge is 0.286 e. The van der Waals surface area contributed by atoms with Crippen molar-refractivity contribution in [2.45, 2.75) is 47.5 Å². The van der Waals surface area contributed by atoms with Gasteiger partial charge in [-0.2, -0.15) is 0 Å². The number of carbonyl (C=O) groups excluding carboxylic acids is 1. The molecule has 0 rings (SSSR count). The molecule has 12 heavy (non-hydrogen) atoms. The second kappa shape index (κ2) is 3.91. The molecule has 0 saturated heterocycles. The lowest BCUT2D eigenvalue weighted by Crippen LogP contribution is -2.27. The summed E-state index contributed by atoms with van der Waals surface area (Å²) >= 11 is 3.04. The first-order valence-electron chi connectivity index (χ1n) is 4.41. The summed E-state index contributed by atoms with van der Waals surface area (Å²) in [5, 5.41) is 0. The molecule has 0 radical (unpaired) electrons. The third kappa shape index (κ3) is 3.70. The van der Waals surface area contributed by atoms with Crippen LogP contribution in [0.15, 0.2) is 0 Å². The minimum absolute atomic E-state index is 0.108. The van der Waals surface area contributed by atoms with Crippen molar-refractivity contribution in [3.63, 3.8) is 0 Å². The number of hydrogen-bond acceptors (Lipinski definition) is 1. The van der Waals surface area contributed by atoms with E-state index in [1.165, 1.54) is 0 Å². The van der Waals surface area contributed by atoms with Gasteiger partial charge in [-0.25, -0.2) is 0 Å². The summed E-state index contributed by atoms with van der Waals surface area (Å²) in [5.41, 5.74) is 0.0203. The molecule has 0 spiro atoms. The van der Waals surface area contributed by atoms with Crippen molar-refractivity contribution in [1.82, 2.24) is 0 Å². The van der Waals surface area contributed by atoms with Crippen LogP contribution in [0, 0.1) is 10.8 Å². The van der Waals surface area contributed by atoms with E-state index in [1.54, 1.807) is 0 Å². The van der Waals surface area contributed by atoms with Crippen LogP contribution in [0.4, 0.5) is 0 Å². The van der Waals surface area contributed by atoms with Crippen LogP contribution in [-0.2, 0) is 4.79 Å². The number of rotatable bonds is 4. The van der Waals surface area contributed by atoms with E-state index >= 15 is 0 Å². The van der Waals surface area contributed by atoms with E-state index in [9.17, 15) is 4.79 Å². The number of halogens is 1. The van der Waals surface area contributed by atoms with E-state index in [0.717, 1.165) is 12.8 Å². The molecule has 0 unspecified atom stereocenters. The van der Waals surface area contributed by atoms with Crippen molar-refractivity contribution < 1.29 is 4.79 Å². The van der Waals surface area contributed by atoms with Gasteiger partial charge in [-0.15, -0.1) is 0 Å². The molecule has 0 aromatic heterocycles. The van der Waals surface area contributed by atoms with Crippen LogP contribution in [0.3, 0.4) is 0 Å². The summed E-state index contributed by atoms with van der Waals surface area (Å²) in [6, 6.07) is 0. The Hall–Kier alpha value is 0.150. The van der Waals surface area contributed by atoms with Gasteiger partial charge in [0.05, 0.1) is 0 Å².